The van der Waals surface area contributed by atoms with E-state index >= 15 is 0 Å². The van der Waals surface area contributed by atoms with Crippen LogP contribution in [0.15, 0.2) is 41.8 Å². The van der Waals surface area contributed by atoms with E-state index in [-0.39, 0.29) is 0 Å². The van der Waals surface area contributed by atoms with Gasteiger partial charge in [0.2, 0.25) is 0 Å². The van der Waals surface area contributed by atoms with E-state index < -0.39 is 11.7 Å². The standard InChI is InChI=1S/C27H31ClN4O3S2/c1-17-21-23(28)30-24(20-7-6-16-36-20)31-25(21)37-22(17)18-8-10-19(11-9-18)34-15-14-32(5)13-12-29-26(33)35-27(2,3)4/h6-11,16H,12-15H2,1-5H3,(H,29,33). The summed E-state index contributed by atoms with van der Waals surface area (Å²) in [6.07, 6.45) is -0.400. The van der Waals surface area contributed by atoms with Crippen LogP contribution in [0.5, 0.6) is 5.75 Å². The maximum Gasteiger partial charge on any atom is 0.407 e. The molecule has 0 saturated heterocycles. The first-order valence-electron chi connectivity index (χ1n) is 12.0. The molecule has 3 aromatic heterocycles. The lowest BCUT2D eigenvalue weighted by Crippen LogP contribution is -2.37. The second kappa shape index (κ2) is 11.8. The van der Waals surface area contributed by atoms with Crippen molar-refractivity contribution in [3.8, 4) is 26.9 Å². The number of carbonyl (C=O) groups excluding carboxylic acids is 1. The molecule has 0 radical (unpaired) electrons. The Bertz CT molecular complexity index is 1350. The number of halogens is 1. The summed E-state index contributed by atoms with van der Waals surface area (Å²) in [6, 6.07) is 12.1. The Hall–Kier alpha value is -2.72. The van der Waals surface area contributed by atoms with Crippen molar-refractivity contribution >= 4 is 50.6 Å². The zero-order valence-electron chi connectivity index (χ0n) is 21.6. The van der Waals surface area contributed by atoms with Gasteiger partial charge in [0.25, 0.3) is 0 Å². The predicted octanol–water partition coefficient (Wildman–Crippen LogP) is 6.88. The van der Waals surface area contributed by atoms with Crippen LogP contribution in [-0.4, -0.2) is 59.9 Å². The molecule has 37 heavy (non-hydrogen) atoms. The summed E-state index contributed by atoms with van der Waals surface area (Å²) in [5.74, 6) is 1.47. The minimum atomic E-state index is -0.496. The van der Waals surface area contributed by atoms with Gasteiger partial charge in [0, 0.05) is 24.5 Å². The molecule has 0 saturated carbocycles. The van der Waals surface area contributed by atoms with Crippen molar-refractivity contribution in [1.29, 1.82) is 0 Å². The summed E-state index contributed by atoms with van der Waals surface area (Å²) >= 11 is 9.80. The predicted molar refractivity (Wildman–Crippen MR) is 153 cm³/mol. The molecule has 0 spiro atoms. The monoisotopic (exact) mass is 558 g/mol. The number of aryl methyl sites for hydroxylation is 1. The van der Waals surface area contributed by atoms with Crippen molar-refractivity contribution < 1.29 is 14.3 Å². The van der Waals surface area contributed by atoms with Gasteiger partial charge in [-0.1, -0.05) is 17.7 Å². The highest BCUT2D eigenvalue weighted by atomic mass is 35.5. The van der Waals surface area contributed by atoms with Crippen LogP contribution >= 0.6 is 34.3 Å². The number of hydrogen-bond donors (Lipinski definition) is 1. The topological polar surface area (TPSA) is 76.6 Å². The van der Waals surface area contributed by atoms with Gasteiger partial charge in [0.15, 0.2) is 5.82 Å². The van der Waals surface area contributed by atoms with Crippen LogP contribution in [0.25, 0.3) is 31.4 Å². The fraction of sp³-hybridized carbons (Fsp3) is 0.370. The van der Waals surface area contributed by atoms with Crippen LogP contribution in [0, 0.1) is 6.92 Å². The number of alkyl carbamates (subject to hydrolysis) is 1. The van der Waals surface area contributed by atoms with Gasteiger partial charge in [-0.15, -0.1) is 22.7 Å². The minimum Gasteiger partial charge on any atom is -0.492 e. The average Bonchev–Trinajstić information content (AvgIpc) is 3.47. The summed E-state index contributed by atoms with van der Waals surface area (Å²) in [6.45, 7) is 10.1. The molecule has 0 unspecified atom stereocenters. The summed E-state index contributed by atoms with van der Waals surface area (Å²) in [5.41, 5.74) is 1.68. The van der Waals surface area contributed by atoms with Crippen LogP contribution in [0.1, 0.15) is 26.3 Å². The fourth-order valence-corrected chi connectivity index (χ4v) is 5.89. The number of benzene rings is 1. The molecule has 4 rings (SSSR count). The molecule has 1 aromatic carbocycles. The largest absolute Gasteiger partial charge is 0.492 e. The Morgan fingerprint density at radius 2 is 1.89 bits per heavy atom. The van der Waals surface area contributed by atoms with E-state index in [2.05, 4.69) is 34.3 Å². The summed E-state index contributed by atoms with van der Waals surface area (Å²) in [7, 11) is 1.99. The molecule has 0 fully saturated rings. The lowest BCUT2D eigenvalue weighted by Gasteiger charge is -2.21. The molecular formula is C27H31ClN4O3S2. The van der Waals surface area contributed by atoms with E-state index in [1.54, 1.807) is 22.7 Å². The average molecular weight is 559 g/mol. The SMILES string of the molecule is Cc1c(-c2ccc(OCCN(C)CCNC(=O)OC(C)(C)C)cc2)sc2nc(-c3cccs3)nc(Cl)c12. The number of rotatable bonds is 9. The number of amides is 1. The molecule has 10 heteroatoms. The van der Waals surface area contributed by atoms with E-state index in [1.807, 2.05) is 57.5 Å². The highest BCUT2D eigenvalue weighted by Crippen LogP contribution is 2.41. The number of likely N-dealkylation sites (N-methyl/N-ethyl adjacent to an activating group) is 1. The van der Waals surface area contributed by atoms with Crippen molar-refractivity contribution in [2.24, 2.45) is 0 Å². The second-order valence-corrected chi connectivity index (χ2v) is 12.0. The van der Waals surface area contributed by atoms with Crippen LogP contribution in [0.3, 0.4) is 0 Å². The first-order valence-corrected chi connectivity index (χ1v) is 14.1. The third kappa shape index (κ3) is 7.19. The van der Waals surface area contributed by atoms with Crippen molar-refractivity contribution in [3.05, 3.63) is 52.5 Å². The van der Waals surface area contributed by atoms with E-state index in [0.717, 1.165) is 43.4 Å². The molecule has 0 atom stereocenters. The Kier molecular flexibility index (Phi) is 8.69. The van der Waals surface area contributed by atoms with Gasteiger partial charge in [0.05, 0.1) is 10.3 Å². The van der Waals surface area contributed by atoms with Crippen molar-refractivity contribution in [2.75, 3.05) is 33.3 Å². The fourth-order valence-electron chi connectivity index (χ4n) is 3.68. The Balaban J connectivity index is 1.32. The molecule has 196 valence electrons. The van der Waals surface area contributed by atoms with Gasteiger partial charge >= 0.3 is 6.09 Å². The lowest BCUT2D eigenvalue weighted by atomic mass is 10.1. The first-order chi connectivity index (χ1) is 17.6. The van der Waals surface area contributed by atoms with E-state index in [9.17, 15) is 4.79 Å². The Morgan fingerprint density at radius 1 is 1.14 bits per heavy atom. The molecule has 0 aliphatic carbocycles. The van der Waals surface area contributed by atoms with Gasteiger partial charge in [-0.05, 0) is 81.6 Å². The maximum atomic E-state index is 11.7. The van der Waals surface area contributed by atoms with Crippen LogP contribution in [-0.2, 0) is 4.74 Å². The molecule has 3 heterocycles. The maximum absolute atomic E-state index is 11.7. The van der Waals surface area contributed by atoms with Gasteiger partial charge in [0.1, 0.15) is 27.9 Å². The molecule has 0 aliphatic rings. The number of hydrogen-bond acceptors (Lipinski definition) is 8. The first kappa shape index (κ1) is 27.3. The van der Waals surface area contributed by atoms with Crippen molar-refractivity contribution in [1.82, 2.24) is 20.2 Å². The zero-order valence-corrected chi connectivity index (χ0v) is 24.0. The normalized spacial score (nSPS) is 11.8. The number of fused-ring (bicyclic) bond motifs is 1. The number of ether oxygens (including phenoxy) is 2. The second-order valence-electron chi connectivity index (χ2n) is 9.66. The van der Waals surface area contributed by atoms with E-state index in [1.165, 1.54) is 0 Å². The number of aromatic nitrogens is 2. The quantitative estimate of drug-likeness (QED) is 0.226. The highest BCUT2D eigenvalue weighted by Gasteiger charge is 2.18. The minimum absolute atomic E-state index is 0.400. The Morgan fingerprint density at radius 3 is 2.57 bits per heavy atom. The molecule has 7 nitrogen and oxygen atoms in total. The van der Waals surface area contributed by atoms with E-state index in [4.69, 9.17) is 26.1 Å². The highest BCUT2D eigenvalue weighted by molar-refractivity contribution is 7.22. The van der Waals surface area contributed by atoms with E-state index in [0.29, 0.717) is 30.7 Å². The van der Waals surface area contributed by atoms with Crippen molar-refractivity contribution in [3.63, 3.8) is 0 Å². The third-order valence-corrected chi connectivity index (χ3v) is 7.88. The number of thiophene rings is 2. The van der Waals surface area contributed by atoms with Gasteiger partial charge in [-0.2, -0.15) is 0 Å². The molecular weight excluding hydrogens is 528 g/mol. The van der Waals surface area contributed by atoms with Crippen molar-refractivity contribution in [2.45, 2.75) is 33.3 Å². The Labute approximate surface area is 230 Å². The molecule has 0 bridgehead atoms. The zero-order chi connectivity index (χ0) is 26.6. The third-order valence-electron chi connectivity index (χ3n) is 5.51. The molecule has 1 N–H and O–H groups in total. The summed E-state index contributed by atoms with van der Waals surface area (Å²) in [4.78, 5) is 26.2. The lowest BCUT2D eigenvalue weighted by molar-refractivity contribution is 0.0523. The molecule has 0 aliphatic heterocycles. The van der Waals surface area contributed by atoms with Crippen LogP contribution < -0.4 is 10.1 Å². The van der Waals surface area contributed by atoms with Crippen LogP contribution in [0.2, 0.25) is 5.15 Å². The number of nitrogens with zero attached hydrogens (tertiary/aromatic N) is 3. The molecule has 1 amide bonds. The summed E-state index contributed by atoms with van der Waals surface area (Å²) < 4.78 is 11.2. The van der Waals surface area contributed by atoms with Gasteiger partial charge < -0.3 is 19.7 Å². The molecule has 4 aromatic rings. The van der Waals surface area contributed by atoms with Crippen LogP contribution in [0.4, 0.5) is 4.79 Å². The summed E-state index contributed by atoms with van der Waals surface area (Å²) in [5, 5.41) is 6.17. The van der Waals surface area contributed by atoms with Gasteiger partial charge in [-0.3, -0.25) is 0 Å². The number of carbonyl (C=O) groups is 1. The smallest absolute Gasteiger partial charge is 0.407 e. The number of nitrogens with one attached hydrogen (secondary N) is 1. The van der Waals surface area contributed by atoms with Gasteiger partial charge in [-0.25, -0.2) is 14.8 Å².